The Bertz CT molecular complexity index is 675. The van der Waals surface area contributed by atoms with E-state index in [1.807, 2.05) is 0 Å². The minimum absolute atomic E-state index is 0.157. The maximum absolute atomic E-state index is 12.7. The Balaban J connectivity index is 5.05. The van der Waals surface area contributed by atoms with Crippen LogP contribution in [0.4, 0.5) is 4.79 Å². The Kier molecular flexibility index (Phi) is 14.4. The average Bonchev–Trinajstić information content (AvgIpc) is 2.73. The lowest BCUT2D eigenvalue weighted by atomic mass is 10.2. The highest BCUT2D eigenvalue weighted by Crippen LogP contribution is 2.07. The van der Waals surface area contributed by atoms with E-state index in [4.69, 9.17) is 18.9 Å². The maximum Gasteiger partial charge on any atom is 0.408 e. The standard InChI is InChI=1S/C22H37N3O8/c1-8-11-31-13-10-16(20(28)30-7)24-18(26)15(3)23-19(27)17(14-32-12-9-2)25-21(29)33-22(4,5)6/h8-9,15-17H,1-2,10-14H2,3-7H3,(H,23,27)(H,24,26)(H,25,29)/t15-,16-,17-/m0/s1. The summed E-state index contributed by atoms with van der Waals surface area (Å²) >= 11 is 0. The highest BCUT2D eigenvalue weighted by molar-refractivity contribution is 5.92. The van der Waals surface area contributed by atoms with Crippen molar-refractivity contribution in [2.75, 3.05) is 33.5 Å². The van der Waals surface area contributed by atoms with Crippen LogP contribution in [-0.2, 0) is 33.3 Å². The fraction of sp³-hybridized carbons (Fsp3) is 0.636. The zero-order chi connectivity index (χ0) is 25.4. The minimum Gasteiger partial charge on any atom is -0.467 e. The van der Waals surface area contributed by atoms with E-state index >= 15 is 0 Å². The summed E-state index contributed by atoms with van der Waals surface area (Å²) in [4.78, 5) is 49.3. The fourth-order valence-electron chi connectivity index (χ4n) is 2.34. The zero-order valence-corrected chi connectivity index (χ0v) is 20.1. The van der Waals surface area contributed by atoms with Gasteiger partial charge in [-0.05, 0) is 27.7 Å². The molecule has 0 aliphatic carbocycles. The third-order valence-corrected chi connectivity index (χ3v) is 3.87. The van der Waals surface area contributed by atoms with Gasteiger partial charge in [-0.1, -0.05) is 12.2 Å². The second-order valence-electron chi connectivity index (χ2n) is 7.99. The molecule has 0 heterocycles. The molecule has 3 atom stereocenters. The van der Waals surface area contributed by atoms with Gasteiger partial charge < -0.3 is 34.9 Å². The van der Waals surface area contributed by atoms with Crippen molar-refractivity contribution in [3.8, 4) is 0 Å². The molecule has 0 bridgehead atoms. The highest BCUT2D eigenvalue weighted by atomic mass is 16.6. The summed E-state index contributed by atoms with van der Waals surface area (Å²) < 4.78 is 20.4. The summed E-state index contributed by atoms with van der Waals surface area (Å²) in [7, 11) is 1.20. The molecular weight excluding hydrogens is 434 g/mol. The molecule has 11 heteroatoms. The number of methoxy groups -OCH3 is 1. The summed E-state index contributed by atoms with van der Waals surface area (Å²) in [5.41, 5.74) is -0.765. The van der Waals surface area contributed by atoms with Crippen molar-refractivity contribution < 1.29 is 38.1 Å². The molecule has 0 aromatic heterocycles. The van der Waals surface area contributed by atoms with Crippen molar-refractivity contribution in [3.05, 3.63) is 25.3 Å². The number of hydrogen-bond acceptors (Lipinski definition) is 8. The molecule has 0 radical (unpaired) electrons. The number of hydrogen-bond donors (Lipinski definition) is 3. The van der Waals surface area contributed by atoms with E-state index in [1.54, 1.807) is 26.8 Å². The van der Waals surface area contributed by atoms with Crippen LogP contribution in [-0.4, -0.2) is 81.1 Å². The zero-order valence-electron chi connectivity index (χ0n) is 20.1. The number of rotatable bonds is 15. The smallest absolute Gasteiger partial charge is 0.408 e. The predicted molar refractivity (Wildman–Crippen MR) is 121 cm³/mol. The molecule has 0 fully saturated rings. The molecule has 0 aliphatic heterocycles. The maximum atomic E-state index is 12.7. The number of carbonyl (C=O) groups is 4. The van der Waals surface area contributed by atoms with Gasteiger partial charge in [-0.2, -0.15) is 0 Å². The van der Waals surface area contributed by atoms with E-state index in [0.29, 0.717) is 6.61 Å². The summed E-state index contributed by atoms with van der Waals surface area (Å²) in [5, 5.41) is 7.43. The van der Waals surface area contributed by atoms with Gasteiger partial charge in [0.25, 0.3) is 0 Å². The van der Waals surface area contributed by atoms with E-state index < -0.39 is 47.6 Å². The topological polar surface area (TPSA) is 141 Å². The van der Waals surface area contributed by atoms with Crippen molar-refractivity contribution >= 4 is 23.9 Å². The molecule has 3 N–H and O–H groups in total. The lowest BCUT2D eigenvalue weighted by Gasteiger charge is -2.24. The number of ether oxygens (including phenoxy) is 4. The molecule has 0 aromatic rings. The van der Waals surface area contributed by atoms with Gasteiger partial charge in [-0.25, -0.2) is 9.59 Å². The summed E-state index contributed by atoms with van der Waals surface area (Å²) in [5.74, 6) is -1.94. The van der Waals surface area contributed by atoms with Gasteiger partial charge >= 0.3 is 12.1 Å². The van der Waals surface area contributed by atoms with Crippen molar-refractivity contribution in [1.82, 2.24) is 16.0 Å². The lowest BCUT2D eigenvalue weighted by molar-refractivity contribution is -0.145. The first kappa shape index (κ1) is 30.1. The van der Waals surface area contributed by atoms with Crippen molar-refractivity contribution in [1.29, 1.82) is 0 Å². The van der Waals surface area contributed by atoms with Gasteiger partial charge in [0, 0.05) is 13.0 Å². The Labute approximate surface area is 195 Å². The minimum atomic E-state index is -1.13. The highest BCUT2D eigenvalue weighted by Gasteiger charge is 2.29. The molecule has 188 valence electrons. The molecular formula is C22H37N3O8. The first-order valence-corrected chi connectivity index (χ1v) is 10.5. The van der Waals surface area contributed by atoms with Gasteiger partial charge in [0.2, 0.25) is 11.8 Å². The molecule has 33 heavy (non-hydrogen) atoms. The van der Waals surface area contributed by atoms with Gasteiger partial charge in [0.1, 0.15) is 23.7 Å². The Morgan fingerprint density at radius 2 is 1.52 bits per heavy atom. The van der Waals surface area contributed by atoms with Gasteiger partial charge in [-0.15, -0.1) is 13.2 Å². The first-order chi connectivity index (χ1) is 15.4. The van der Waals surface area contributed by atoms with Crippen molar-refractivity contribution in [3.63, 3.8) is 0 Å². The molecule has 0 saturated carbocycles. The van der Waals surface area contributed by atoms with E-state index in [9.17, 15) is 19.2 Å². The van der Waals surface area contributed by atoms with Crippen LogP contribution < -0.4 is 16.0 Å². The molecule has 0 unspecified atom stereocenters. The van der Waals surface area contributed by atoms with Crippen LogP contribution in [0.5, 0.6) is 0 Å². The Morgan fingerprint density at radius 1 is 0.909 bits per heavy atom. The van der Waals surface area contributed by atoms with E-state index in [-0.39, 0.29) is 26.2 Å². The monoisotopic (exact) mass is 471 g/mol. The van der Waals surface area contributed by atoms with E-state index in [1.165, 1.54) is 20.1 Å². The van der Waals surface area contributed by atoms with Gasteiger partial charge in [-0.3, -0.25) is 9.59 Å². The van der Waals surface area contributed by atoms with Crippen molar-refractivity contribution in [2.45, 2.75) is 57.8 Å². The number of esters is 1. The van der Waals surface area contributed by atoms with Gasteiger partial charge in [0.05, 0.1) is 26.9 Å². The molecule has 0 spiro atoms. The first-order valence-electron chi connectivity index (χ1n) is 10.5. The van der Waals surface area contributed by atoms with Crippen LogP contribution in [0.3, 0.4) is 0 Å². The third-order valence-electron chi connectivity index (χ3n) is 3.87. The van der Waals surface area contributed by atoms with Crippen LogP contribution >= 0.6 is 0 Å². The summed E-state index contributed by atoms with van der Waals surface area (Å²) in [6.07, 6.45) is 2.41. The lowest BCUT2D eigenvalue weighted by Crippen LogP contribution is -2.56. The predicted octanol–water partition coefficient (Wildman–Crippen LogP) is 0.838. The van der Waals surface area contributed by atoms with Crippen molar-refractivity contribution in [2.24, 2.45) is 0 Å². The largest absolute Gasteiger partial charge is 0.467 e. The summed E-state index contributed by atoms with van der Waals surface area (Å²) in [6.45, 7) is 14.0. The SMILES string of the molecule is C=CCOCC[C@H](NC(=O)[C@H](C)NC(=O)[C@H](COCC=C)NC(=O)OC(C)(C)C)C(=O)OC. The second kappa shape index (κ2) is 15.8. The van der Waals surface area contributed by atoms with Crippen LogP contribution in [0.1, 0.15) is 34.1 Å². The number of amides is 3. The average molecular weight is 472 g/mol. The number of nitrogens with one attached hydrogen (secondary N) is 3. The van der Waals surface area contributed by atoms with E-state index in [0.717, 1.165) is 0 Å². The molecule has 0 aromatic carbocycles. The van der Waals surface area contributed by atoms with Crippen LogP contribution in [0.2, 0.25) is 0 Å². The van der Waals surface area contributed by atoms with Crippen LogP contribution in [0.15, 0.2) is 25.3 Å². The molecule has 0 saturated heterocycles. The van der Waals surface area contributed by atoms with Crippen LogP contribution in [0, 0.1) is 0 Å². The normalized spacial score (nSPS) is 13.6. The molecule has 0 rings (SSSR count). The number of alkyl carbamates (subject to hydrolysis) is 1. The molecule has 3 amide bonds. The fourth-order valence-corrected chi connectivity index (χ4v) is 2.34. The van der Waals surface area contributed by atoms with E-state index in [2.05, 4.69) is 29.1 Å². The Morgan fingerprint density at radius 3 is 2.06 bits per heavy atom. The third kappa shape index (κ3) is 14.0. The Hall–Kier alpha value is -2.92. The van der Waals surface area contributed by atoms with Gasteiger partial charge in [0.15, 0.2) is 0 Å². The second-order valence-corrected chi connectivity index (χ2v) is 7.99. The quantitative estimate of drug-likeness (QED) is 0.181. The molecule has 0 aliphatic rings. The van der Waals surface area contributed by atoms with Crippen LogP contribution in [0.25, 0.3) is 0 Å². The number of carbonyl (C=O) groups excluding carboxylic acids is 4. The molecule has 11 nitrogen and oxygen atoms in total. The summed E-state index contributed by atoms with van der Waals surface area (Å²) in [6, 6.07) is -3.11.